The molecule has 0 rings (SSSR count). The van der Waals surface area contributed by atoms with Gasteiger partial charge in [-0.1, -0.05) is 174 Å². The SMILES string of the molecule is CCCCCCCC/C=C\CCCCCCCCCCOCC(COP(=O)(O)OCC[N+](C)(C)C)OC(=O)CCCCCCCCCCCCCCC. The summed E-state index contributed by atoms with van der Waals surface area (Å²) < 4.78 is 35.0. The van der Waals surface area contributed by atoms with E-state index in [0.29, 0.717) is 24.1 Å². The molecule has 0 fully saturated rings. The zero-order valence-corrected chi connectivity index (χ0v) is 36.7. The van der Waals surface area contributed by atoms with Crippen LogP contribution in [0, 0.1) is 0 Å². The second kappa shape index (κ2) is 38.1. The molecule has 0 heterocycles. The van der Waals surface area contributed by atoms with Crippen LogP contribution in [0.5, 0.6) is 0 Å². The number of unbranched alkanes of at least 4 members (excludes halogenated alkanes) is 26. The number of carbonyl (C=O) groups excluding carboxylic acids is 1. The normalized spacial score (nSPS) is 13.8. The smallest absolute Gasteiger partial charge is 0.457 e. The van der Waals surface area contributed by atoms with Crippen molar-refractivity contribution in [3.63, 3.8) is 0 Å². The van der Waals surface area contributed by atoms with Crippen molar-refractivity contribution in [3.8, 4) is 0 Å². The number of phosphoric ester groups is 1. The lowest BCUT2D eigenvalue weighted by molar-refractivity contribution is -0.870. The molecule has 316 valence electrons. The third-order valence-electron chi connectivity index (χ3n) is 9.83. The molecular formula is C44H89NO7P+. The molecule has 9 heteroatoms. The fourth-order valence-electron chi connectivity index (χ4n) is 6.31. The molecule has 0 amide bonds. The standard InChI is InChI=1S/C44H88NO7P/c1-6-8-10-12-14-16-18-20-21-22-23-24-26-28-30-32-34-36-39-49-41-43(42-51-53(47,48)50-40-38-45(3,4)5)52-44(46)37-35-33-31-29-27-25-19-17-15-13-11-9-7-2/h20-21,43H,6-19,22-42H2,1-5H3/p+1/b21-20-. The summed E-state index contributed by atoms with van der Waals surface area (Å²) in [5.41, 5.74) is 0. The van der Waals surface area contributed by atoms with Gasteiger partial charge in [0.2, 0.25) is 0 Å². The Bertz CT molecular complexity index is 863. The summed E-state index contributed by atoms with van der Waals surface area (Å²) in [5, 5.41) is 0. The van der Waals surface area contributed by atoms with Gasteiger partial charge >= 0.3 is 13.8 Å². The molecule has 2 unspecified atom stereocenters. The third-order valence-corrected chi connectivity index (χ3v) is 10.8. The van der Waals surface area contributed by atoms with Crippen LogP contribution in [0.2, 0.25) is 0 Å². The van der Waals surface area contributed by atoms with Crippen LogP contribution in [0.15, 0.2) is 12.2 Å². The van der Waals surface area contributed by atoms with Crippen molar-refractivity contribution in [2.24, 2.45) is 0 Å². The summed E-state index contributed by atoms with van der Waals surface area (Å²) in [5.74, 6) is -0.312. The van der Waals surface area contributed by atoms with Crippen LogP contribution in [0.25, 0.3) is 0 Å². The van der Waals surface area contributed by atoms with Crippen molar-refractivity contribution in [2.75, 3.05) is 54.1 Å². The molecule has 0 aromatic rings. The molecule has 8 nitrogen and oxygen atoms in total. The Labute approximate surface area is 329 Å². The number of rotatable bonds is 42. The first-order chi connectivity index (χ1) is 25.6. The fourth-order valence-corrected chi connectivity index (χ4v) is 7.05. The minimum Gasteiger partial charge on any atom is -0.457 e. The van der Waals surface area contributed by atoms with Gasteiger partial charge in [-0.2, -0.15) is 0 Å². The van der Waals surface area contributed by atoms with Crippen molar-refractivity contribution in [2.45, 2.75) is 213 Å². The molecule has 0 aliphatic rings. The number of likely N-dealkylation sites (N-methyl/N-ethyl adjacent to an activating group) is 1. The Kier molecular flexibility index (Phi) is 37.6. The average Bonchev–Trinajstić information content (AvgIpc) is 3.11. The summed E-state index contributed by atoms with van der Waals surface area (Å²) in [7, 11) is 1.68. The second-order valence-corrected chi connectivity index (χ2v) is 17.9. The van der Waals surface area contributed by atoms with Crippen LogP contribution in [0.4, 0.5) is 0 Å². The van der Waals surface area contributed by atoms with Gasteiger partial charge in [0.25, 0.3) is 0 Å². The molecule has 0 saturated carbocycles. The van der Waals surface area contributed by atoms with Gasteiger partial charge in [0, 0.05) is 13.0 Å². The van der Waals surface area contributed by atoms with Crippen LogP contribution in [-0.2, 0) is 27.9 Å². The number of hydrogen-bond acceptors (Lipinski definition) is 6. The predicted molar refractivity (Wildman–Crippen MR) is 224 cm³/mol. The van der Waals surface area contributed by atoms with Gasteiger partial charge < -0.3 is 18.9 Å². The van der Waals surface area contributed by atoms with Gasteiger partial charge in [0.15, 0.2) is 0 Å². The number of carbonyl (C=O) groups is 1. The molecule has 0 aromatic carbocycles. The molecule has 0 aliphatic carbocycles. The topological polar surface area (TPSA) is 91.3 Å². The fraction of sp³-hybridized carbons (Fsp3) is 0.932. The van der Waals surface area contributed by atoms with Crippen LogP contribution in [0.1, 0.15) is 206 Å². The lowest BCUT2D eigenvalue weighted by atomic mass is 10.0. The Hall–Kier alpha value is -0.760. The van der Waals surface area contributed by atoms with E-state index in [1.807, 2.05) is 21.1 Å². The average molecular weight is 775 g/mol. The van der Waals surface area contributed by atoms with Gasteiger partial charge in [0.05, 0.1) is 34.4 Å². The molecule has 0 aliphatic heterocycles. The van der Waals surface area contributed by atoms with E-state index in [2.05, 4.69) is 26.0 Å². The molecule has 0 aromatic heterocycles. The number of ether oxygens (including phenoxy) is 2. The summed E-state index contributed by atoms with van der Waals surface area (Å²) in [6.45, 7) is 5.65. The summed E-state index contributed by atoms with van der Waals surface area (Å²) in [6.07, 6.45) is 40.9. The first-order valence-corrected chi connectivity index (χ1v) is 23.9. The van der Waals surface area contributed by atoms with E-state index in [0.717, 1.165) is 32.1 Å². The molecule has 0 radical (unpaired) electrons. The maximum atomic E-state index is 12.7. The Balaban J connectivity index is 4.18. The lowest BCUT2D eigenvalue weighted by Gasteiger charge is -2.24. The molecule has 2 atom stereocenters. The van der Waals surface area contributed by atoms with Crippen LogP contribution in [0.3, 0.4) is 0 Å². The number of hydrogen-bond donors (Lipinski definition) is 1. The third kappa shape index (κ3) is 42.2. The van der Waals surface area contributed by atoms with Crippen molar-refractivity contribution in [3.05, 3.63) is 12.2 Å². The van der Waals surface area contributed by atoms with E-state index < -0.39 is 13.9 Å². The van der Waals surface area contributed by atoms with E-state index in [-0.39, 0.29) is 25.8 Å². The summed E-state index contributed by atoms with van der Waals surface area (Å²) in [4.78, 5) is 22.9. The van der Waals surface area contributed by atoms with Crippen molar-refractivity contribution < 1.29 is 37.3 Å². The zero-order chi connectivity index (χ0) is 39.1. The monoisotopic (exact) mass is 775 g/mol. The number of allylic oxidation sites excluding steroid dienone is 2. The summed E-state index contributed by atoms with van der Waals surface area (Å²) >= 11 is 0. The molecule has 53 heavy (non-hydrogen) atoms. The maximum absolute atomic E-state index is 12.7. The summed E-state index contributed by atoms with van der Waals surface area (Å²) in [6, 6.07) is 0. The van der Waals surface area contributed by atoms with E-state index in [4.69, 9.17) is 18.5 Å². The van der Waals surface area contributed by atoms with Crippen LogP contribution < -0.4 is 0 Å². The zero-order valence-electron chi connectivity index (χ0n) is 35.8. The molecule has 0 saturated heterocycles. The number of nitrogens with zero attached hydrogens (tertiary/aromatic N) is 1. The van der Waals surface area contributed by atoms with Gasteiger partial charge in [-0.25, -0.2) is 4.57 Å². The van der Waals surface area contributed by atoms with Crippen LogP contribution in [-0.4, -0.2) is 75.6 Å². The maximum Gasteiger partial charge on any atom is 0.472 e. The van der Waals surface area contributed by atoms with Gasteiger partial charge in [-0.3, -0.25) is 13.8 Å². The Morgan fingerprint density at radius 3 is 1.43 bits per heavy atom. The lowest BCUT2D eigenvalue weighted by Crippen LogP contribution is -2.37. The van der Waals surface area contributed by atoms with Crippen molar-refractivity contribution >= 4 is 13.8 Å². The Morgan fingerprint density at radius 1 is 0.566 bits per heavy atom. The highest BCUT2D eigenvalue weighted by Gasteiger charge is 2.26. The predicted octanol–water partition coefficient (Wildman–Crippen LogP) is 13.1. The van der Waals surface area contributed by atoms with Crippen LogP contribution >= 0.6 is 7.82 Å². The first-order valence-electron chi connectivity index (χ1n) is 22.4. The van der Waals surface area contributed by atoms with E-state index in [1.165, 1.54) is 154 Å². The van der Waals surface area contributed by atoms with E-state index >= 15 is 0 Å². The minimum atomic E-state index is -4.27. The Morgan fingerprint density at radius 2 is 0.981 bits per heavy atom. The molecule has 0 bridgehead atoms. The van der Waals surface area contributed by atoms with E-state index in [1.54, 1.807) is 0 Å². The van der Waals surface area contributed by atoms with Crippen molar-refractivity contribution in [1.29, 1.82) is 0 Å². The molecule has 1 N–H and O–H groups in total. The second-order valence-electron chi connectivity index (χ2n) is 16.4. The highest BCUT2D eigenvalue weighted by molar-refractivity contribution is 7.47. The highest BCUT2D eigenvalue weighted by atomic mass is 31.2. The molecular weight excluding hydrogens is 685 g/mol. The number of phosphoric acid groups is 1. The highest BCUT2D eigenvalue weighted by Crippen LogP contribution is 2.43. The van der Waals surface area contributed by atoms with Gasteiger partial charge in [-0.15, -0.1) is 0 Å². The van der Waals surface area contributed by atoms with Crippen molar-refractivity contribution in [1.82, 2.24) is 0 Å². The van der Waals surface area contributed by atoms with Gasteiger partial charge in [0.1, 0.15) is 19.3 Å². The minimum absolute atomic E-state index is 0.0913. The number of quaternary nitrogens is 1. The largest absolute Gasteiger partial charge is 0.472 e. The van der Waals surface area contributed by atoms with Gasteiger partial charge in [-0.05, 0) is 38.5 Å². The first kappa shape index (κ1) is 52.2. The quantitative estimate of drug-likeness (QED) is 0.0217. The van der Waals surface area contributed by atoms with E-state index in [9.17, 15) is 14.3 Å². The number of esters is 1. The molecule has 0 spiro atoms.